The Hall–Kier alpha value is -0.160. The van der Waals surface area contributed by atoms with Gasteiger partial charge in [-0.3, -0.25) is 0 Å². The minimum Gasteiger partial charge on any atom is -0.381 e. The van der Waals surface area contributed by atoms with Crippen LogP contribution in [0.2, 0.25) is 0 Å². The zero-order chi connectivity index (χ0) is 11.3. The molecule has 2 saturated heterocycles. The average Bonchev–Trinajstić information content (AvgIpc) is 2.31. The zero-order valence-electron chi connectivity index (χ0n) is 9.95. The van der Waals surface area contributed by atoms with Crippen LogP contribution in [0.25, 0.3) is 0 Å². The predicted octanol–water partition coefficient (Wildman–Crippen LogP) is 1.43. The van der Waals surface area contributed by atoms with Crippen molar-refractivity contribution in [1.82, 2.24) is 0 Å². The van der Waals surface area contributed by atoms with E-state index in [1.54, 1.807) is 0 Å². The summed E-state index contributed by atoms with van der Waals surface area (Å²) in [5.41, 5.74) is 5.60. The molecular weight excluding hydrogens is 206 g/mol. The van der Waals surface area contributed by atoms with E-state index in [4.69, 9.17) is 19.9 Å². The van der Waals surface area contributed by atoms with Crippen LogP contribution in [0.15, 0.2) is 0 Å². The summed E-state index contributed by atoms with van der Waals surface area (Å²) < 4.78 is 17.2. The van der Waals surface area contributed by atoms with Crippen molar-refractivity contribution < 1.29 is 14.2 Å². The van der Waals surface area contributed by atoms with Crippen molar-refractivity contribution in [2.24, 2.45) is 5.73 Å². The molecule has 2 aliphatic heterocycles. The molecule has 0 amide bonds. The molecule has 4 heteroatoms. The lowest BCUT2D eigenvalue weighted by Crippen LogP contribution is -2.44. The van der Waals surface area contributed by atoms with Gasteiger partial charge in [-0.05, 0) is 32.2 Å². The lowest BCUT2D eigenvalue weighted by atomic mass is 9.90. The third-order valence-electron chi connectivity index (χ3n) is 3.52. The van der Waals surface area contributed by atoms with Gasteiger partial charge in [-0.15, -0.1) is 0 Å². The molecule has 2 rings (SSSR count). The molecule has 1 unspecified atom stereocenters. The fourth-order valence-corrected chi connectivity index (χ4v) is 2.52. The fourth-order valence-electron chi connectivity index (χ4n) is 2.52. The fraction of sp³-hybridized carbons (Fsp3) is 1.00. The molecule has 0 aromatic rings. The Balaban J connectivity index is 1.89. The van der Waals surface area contributed by atoms with E-state index in [0.717, 1.165) is 51.9 Å². The van der Waals surface area contributed by atoms with Gasteiger partial charge in [-0.25, -0.2) is 0 Å². The van der Waals surface area contributed by atoms with Gasteiger partial charge in [0.25, 0.3) is 0 Å². The summed E-state index contributed by atoms with van der Waals surface area (Å²) in [7, 11) is 0. The molecular formula is C12H23NO3. The lowest BCUT2D eigenvalue weighted by Gasteiger charge is -2.40. The van der Waals surface area contributed by atoms with E-state index in [1.807, 2.05) is 0 Å². The monoisotopic (exact) mass is 229 g/mol. The van der Waals surface area contributed by atoms with Crippen molar-refractivity contribution in [3.05, 3.63) is 0 Å². The van der Waals surface area contributed by atoms with Gasteiger partial charge in [0, 0.05) is 32.7 Å². The first kappa shape index (κ1) is 12.3. The molecule has 0 radical (unpaired) electrons. The Morgan fingerprint density at radius 2 is 2.00 bits per heavy atom. The molecule has 2 fully saturated rings. The molecule has 16 heavy (non-hydrogen) atoms. The normalized spacial score (nSPS) is 30.2. The van der Waals surface area contributed by atoms with Gasteiger partial charge in [0.1, 0.15) is 0 Å². The number of hydrogen-bond acceptors (Lipinski definition) is 4. The van der Waals surface area contributed by atoms with Crippen molar-refractivity contribution in [3.63, 3.8) is 0 Å². The molecule has 0 bridgehead atoms. The van der Waals surface area contributed by atoms with E-state index in [0.29, 0.717) is 6.54 Å². The van der Waals surface area contributed by atoms with E-state index >= 15 is 0 Å². The summed E-state index contributed by atoms with van der Waals surface area (Å²) in [4.78, 5) is 0. The number of rotatable bonds is 4. The molecule has 2 heterocycles. The molecule has 2 aliphatic rings. The second-order valence-corrected chi connectivity index (χ2v) is 4.75. The second kappa shape index (κ2) is 5.96. The molecule has 4 nitrogen and oxygen atoms in total. The van der Waals surface area contributed by atoms with Gasteiger partial charge in [-0.2, -0.15) is 0 Å². The standard InChI is InChI=1S/C12H23NO3/c13-7-4-12(5-9-14-10-6-12)16-11-3-1-2-8-15-11/h11H,1-10,13H2. The molecule has 94 valence electrons. The Labute approximate surface area is 97.4 Å². The SMILES string of the molecule is NCCC1(OC2CCCCO2)CCOCC1. The molecule has 1 atom stereocenters. The first-order valence-corrected chi connectivity index (χ1v) is 6.42. The van der Waals surface area contributed by atoms with Crippen LogP contribution in [0.5, 0.6) is 0 Å². The van der Waals surface area contributed by atoms with Gasteiger partial charge in [-0.1, -0.05) is 0 Å². The zero-order valence-corrected chi connectivity index (χ0v) is 9.95. The molecule has 0 aromatic carbocycles. The highest BCUT2D eigenvalue weighted by Crippen LogP contribution is 2.32. The molecule has 0 spiro atoms. The maximum Gasteiger partial charge on any atom is 0.158 e. The molecule has 2 N–H and O–H groups in total. The Morgan fingerprint density at radius 3 is 2.62 bits per heavy atom. The molecule has 0 saturated carbocycles. The smallest absolute Gasteiger partial charge is 0.158 e. The van der Waals surface area contributed by atoms with Crippen LogP contribution in [-0.4, -0.2) is 38.3 Å². The lowest BCUT2D eigenvalue weighted by molar-refractivity contribution is -0.243. The Kier molecular flexibility index (Phi) is 4.58. The minimum absolute atomic E-state index is 0.0154. The largest absolute Gasteiger partial charge is 0.381 e. The van der Waals surface area contributed by atoms with E-state index in [2.05, 4.69) is 0 Å². The number of nitrogens with two attached hydrogens (primary N) is 1. The summed E-state index contributed by atoms with van der Waals surface area (Å²) in [6.07, 6.45) is 6.18. The summed E-state index contributed by atoms with van der Waals surface area (Å²) in [6, 6.07) is 0. The third kappa shape index (κ3) is 3.17. The number of ether oxygens (including phenoxy) is 3. The van der Waals surface area contributed by atoms with Crippen LogP contribution in [-0.2, 0) is 14.2 Å². The average molecular weight is 229 g/mol. The predicted molar refractivity (Wildman–Crippen MR) is 61.1 cm³/mol. The van der Waals surface area contributed by atoms with Crippen molar-refractivity contribution >= 4 is 0 Å². The van der Waals surface area contributed by atoms with E-state index in [9.17, 15) is 0 Å². The maximum absolute atomic E-state index is 6.18. The molecule has 0 aromatic heterocycles. The van der Waals surface area contributed by atoms with E-state index < -0.39 is 0 Å². The summed E-state index contributed by atoms with van der Waals surface area (Å²) in [5, 5.41) is 0. The summed E-state index contributed by atoms with van der Waals surface area (Å²) in [6.45, 7) is 3.08. The van der Waals surface area contributed by atoms with Crippen LogP contribution in [0.4, 0.5) is 0 Å². The van der Waals surface area contributed by atoms with Gasteiger partial charge in [0.05, 0.1) is 5.60 Å². The van der Waals surface area contributed by atoms with Crippen molar-refractivity contribution in [1.29, 1.82) is 0 Å². The van der Waals surface area contributed by atoms with Gasteiger partial charge < -0.3 is 19.9 Å². The van der Waals surface area contributed by atoms with Gasteiger partial charge in [0.2, 0.25) is 0 Å². The summed E-state index contributed by atoms with van der Waals surface area (Å²) >= 11 is 0. The summed E-state index contributed by atoms with van der Waals surface area (Å²) in [5.74, 6) is 0. The topological polar surface area (TPSA) is 53.7 Å². The maximum atomic E-state index is 6.18. The van der Waals surface area contributed by atoms with Crippen LogP contribution < -0.4 is 5.73 Å². The van der Waals surface area contributed by atoms with Crippen LogP contribution in [0, 0.1) is 0 Å². The van der Waals surface area contributed by atoms with Crippen molar-refractivity contribution in [2.75, 3.05) is 26.4 Å². The van der Waals surface area contributed by atoms with Crippen LogP contribution >= 0.6 is 0 Å². The Morgan fingerprint density at radius 1 is 1.19 bits per heavy atom. The quantitative estimate of drug-likeness (QED) is 0.792. The third-order valence-corrected chi connectivity index (χ3v) is 3.52. The first-order valence-electron chi connectivity index (χ1n) is 6.42. The molecule has 0 aliphatic carbocycles. The van der Waals surface area contributed by atoms with Crippen LogP contribution in [0.3, 0.4) is 0 Å². The van der Waals surface area contributed by atoms with E-state index in [1.165, 1.54) is 6.42 Å². The highest BCUT2D eigenvalue weighted by atomic mass is 16.7. The van der Waals surface area contributed by atoms with Crippen molar-refractivity contribution in [2.45, 2.75) is 50.4 Å². The second-order valence-electron chi connectivity index (χ2n) is 4.75. The van der Waals surface area contributed by atoms with Crippen molar-refractivity contribution in [3.8, 4) is 0 Å². The van der Waals surface area contributed by atoms with Crippen LogP contribution in [0.1, 0.15) is 38.5 Å². The van der Waals surface area contributed by atoms with Gasteiger partial charge in [0.15, 0.2) is 6.29 Å². The highest BCUT2D eigenvalue weighted by Gasteiger charge is 2.36. The minimum atomic E-state index is -0.0883. The van der Waals surface area contributed by atoms with Gasteiger partial charge >= 0.3 is 0 Å². The highest BCUT2D eigenvalue weighted by molar-refractivity contribution is 4.84. The first-order chi connectivity index (χ1) is 7.85. The Bertz CT molecular complexity index is 193. The number of hydrogen-bond donors (Lipinski definition) is 1. The van der Waals surface area contributed by atoms with E-state index in [-0.39, 0.29) is 11.9 Å².